The zero-order valence-corrected chi connectivity index (χ0v) is 14.4. The Labute approximate surface area is 150 Å². The molecule has 132 valence electrons. The van der Waals surface area contributed by atoms with Crippen LogP contribution < -0.4 is 10.6 Å². The molecule has 1 aromatic heterocycles. The Morgan fingerprint density at radius 2 is 1.92 bits per heavy atom. The molecule has 0 saturated carbocycles. The van der Waals surface area contributed by atoms with Crippen molar-refractivity contribution in [3.05, 3.63) is 77.2 Å². The molecular formula is C20H19FN4O. The van der Waals surface area contributed by atoms with Gasteiger partial charge in [-0.15, -0.1) is 0 Å². The fourth-order valence-corrected chi connectivity index (χ4v) is 3.03. The van der Waals surface area contributed by atoms with E-state index in [2.05, 4.69) is 15.7 Å². The van der Waals surface area contributed by atoms with E-state index in [-0.39, 0.29) is 17.9 Å². The average Bonchev–Trinajstić information content (AvgIpc) is 3.10. The summed E-state index contributed by atoms with van der Waals surface area (Å²) >= 11 is 0. The lowest BCUT2D eigenvalue weighted by Gasteiger charge is -2.25. The molecule has 5 nitrogen and oxygen atoms in total. The smallest absolute Gasteiger partial charge is 0.269 e. The van der Waals surface area contributed by atoms with E-state index >= 15 is 0 Å². The first-order chi connectivity index (χ1) is 12.6. The minimum atomic E-state index is -0.254. The van der Waals surface area contributed by atoms with Crippen molar-refractivity contribution in [3.63, 3.8) is 0 Å². The minimum absolute atomic E-state index is 0.129. The van der Waals surface area contributed by atoms with Gasteiger partial charge < -0.3 is 5.32 Å². The summed E-state index contributed by atoms with van der Waals surface area (Å²) in [7, 11) is 0. The second kappa shape index (κ2) is 6.72. The molecule has 1 aliphatic heterocycles. The van der Waals surface area contributed by atoms with E-state index in [4.69, 9.17) is 0 Å². The Morgan fingerprint density at radius 1 is 1.19 bits per heavy atom. The van der Waals surface area contributed by atoms with Gasteiger partial charge in [-0.05, 0) is 30.7 Å². The highest BCUT2D eigenvalue weighted by Crippen LogP contribution is 2.23. The van der Waals surface area contributed by atoms with Gasteiger partial charge in [0, 0.05) is 12.1 Å². The molecule has 2 heterocycles. The van der Waals surface area contributed by atoms with Crippen molar-refractivity contribution in [3.8, 4) is 11.3 Å². The van der Waals surface area contributed by atoms with Gasteiger partial charge in [-0.25, -0.2) is 9.07 Å². The number of carbonyl (C=O) groups excluding carboxylic acids is 1. The summed E-state index contributed by atoms with van der Waals surface area (Å²) in [5.74, 6) is -0.383. The third-order valence-corrected chi connectivity index (χ3v) is 4.52. The van der Waals surface area contributed by atoms with Gasteiger partial charge in [0.25, 0.3) is 5.91 Å². The number of carbonyl (C=O) groups is 1. The van der Waals surface area contributed by atoms with Crippen LogP contribution in [0.2, 0.25) is 0 Å². The molecule has 2 N–H and O–H groups in total. The number of fused-ring (bicyclic) bond motifs is 1. The van der Waals surface area contributed by atoms with Crippen LogP contribution in [0, 0.1) is 12.7 Å². The molecule has 1 atom stereocenters. The lowest BCUT2D eigenvalue weighted by atomic mass is 10.1. The normalized spacial score (nSPS) is 16.2. The first-order valence-electron chi connectivity index (χ1n) is 8.53. The molecular weight excluding hydrogens is 331 g/mol. The van der Waals surface area contributed by atoms with Crippen LogP contribution in [0.15, 0.2) is 54.6 Å². The summed E-state index contributed by atoms with van der Waals surface area (Å²) < 4.78 is 14.8. The van der Waals surface area contributed by atoms with E-state index in [1.165, 1.54) is 17.7 Å². The molecule has 6 heteroatoms. The zero-order chi connectivity index (χ0) is 18.1. The van der Waals surface area contributed by atoms with E-state index in [0.717, 1.165) is 16.8 Å². The topological polar surface area (TPSA) is 59.0 Å². The van der Waals surface area contributed by atoms with Crippen LogP contribution >= 0.6 is 0 Å². The second-order valence-electron chi connectivity index (χ2n) is 6.46. The molecule has 1 aliphatic rings. The molecule has 26 heavy (non-hydrogen) atoms. The van der Waals surface area contributed by atoms with E-state index in [0.29, 0.717) is 18.8 Å². The molecule has 0 spiro atoms. The van der Waals surface area contributed by atoms with Gasteiger partial charge in [0.2, 0.25) is 0 Å². The SMILES string of the molecule is Cc1ccc(-c2cc3n(n2)C(NCc2ccc(F)cc2)CNC3=O)cc1. The van der Waals surface area contributed by atoms with E-state index in [1.807, 2.05) is 37.3 Å². The van der Waals surface area contributed by atoms with Crippen LogP contribution in [0.1, 0.15) is 27.8 Å². The molecule has 4 rings (SSSR count). The lowest BCUT2D eigenvalue weighted by molar-refractivity contribution is 0.0900. The molecule has 1 unspecified atom stereocenters. The van der Waals surface area contributed by atoms with Crippen LogP contribution in [0.5, 0.6) is 0 Å². The third kappa shape index (κ3) is 3.23. The van der Waals surface area contributed by atoms with Crippen molar-refractivity contribution in [2.45, 2.75) is 19.6 Å². The first kappa shape index (κ1) is 16.5. The van der Waals surface area contributed by atoms with Gasteiger partial charge >= 0.3 is 0 Å². The maximum Gasteiger partial charge on any atom is 0.269 e. The number of hydrogen-bond donors (Lipinski definition) is 2. The lowest BCUT2D eigenvalue weighted by Crippen LogP contribution is -2.45. The van der Waals surface area contributed by atoms with Crippen LogP contribution in [0.25, 0.3) is 11.3 Å². The molecule has 0 fully saturated rings. The highest BCUT2D eigenvalue weighted by Gasteiger charge is 2.27. The summed E-state index contributed by atoms with van der Waals surface area (Å²) in [4.78, 5) is 12.2. The number of nitrogens with one attached hydrogen (secondary N) is 2. The Kier molecular flexibility index (Phi) is 4.26. The fraction of sp³-hybridized carbons (Fsp3) is 0.200. The number of amides is 1. The maximum absolute atomic E-state index is 13.0. The van der Waals surface area contributed by atoms with Crippen molar-refractivity contribution < 1.29 is 9.18 Å². The molecule has 1 amide bonds. The third-order valence-electron chi connectivity index (χ3n) is 4.52. The van der Waals surface area contributed by atoms with Crippen molar-refractivity contribution in [2.75, 3.05) is 6.54 Å². The summed E-state index contributed by atoms with van der Waals surface area (Å²) in [6.07, 6.45) is -0.160. The monoisotopic (exact) mass is 350 g/mol. The van der Waals surface area contributed by atoms with E-state index in [9.17, 15) is 9.18 Å². The number of rotatable bonds is 4. The summed E-state index contributed by atoms with van der Waals surface area (Å²) in [5.41, 5.74) is 4.42. The molecule has 0 aliphatic carbocycles. The number of nitrogens with zero attached hydrogens (tertiary/aromatic N) is 2. The second-order valence-corrected chi connectivity index (χ2v) is 6.46. The van der Waals surface area contributed by atoms with Gasteiger partial charge in [-0.3, -0.25) is 10.1 Å². The van der Waals surface area contributed by atoms with Crippen molar-refractivity contribution in [2.24, 2.45) is 0 Å². The number of halogens is 1. The van der Waals surface area contributed by atoms with Gasteiger partial charge in [0.1, 0.15) is 17.7 Å². The molecule has 2 aromatic carbocycles. The summed E-state index contributed by atoms with van der Waals surface area (Å²) in [6, 6.07) is 16.2. The predicted octanol–water partition coefficient (Wildman–Crippen LogP) is 3.03. The fourth-order valence-electron chi connectivity index (χ4n) is 3.03. The predicted molar refractivity (Wildman–Crippen MR) is 97.0 cm³/mol. The van der Waals surface area contributed by atoms with Gasteiger partial charge in [-0.2, -0.15) is 5.10 Å². The number of aromatic nitrogens is 2. The first-order valence-corrected chi connectivity index (χ1v) is 8.53. The highest BCUT2D eigenvalue weighted by atomic mass is 19.1. The van der Waals surface area contributed by atoms with Crippen molar-refractivity contribution in [1.82, 2.24) is 20.4 Å². The molecule has 3 aromatic rings. The van der Waals surface area contributed by atoms with Gasteiger partial charge in [-0.1, -0.05) is 42.0 Å². The van der Waals surface area contributed by atoms with Crippen LogP contribution in [-0.4, -0.2) is 22.2 Å². The number of aryl methyl sites for hydroxylation is 1. The number of benzene rings is 2. The Morgan fingerprint density at radius 3 is 2.65 bits per heavy atom. The molecule has 0 radical (unpaired) electrons. The van der Waals surface area contributed by atoms with Crippen LogP contribution in [0.3, 0.4) is 0 Å². The Balaban J connectivity index is 1.58. The Bertz CT molecular complexity index is 931. The average molecular weight is 350 g/mol. The summed E-state index contributed by atoms with van der Waals surface area (Å²) in [6.45, 7) is 3.03. The summed E-state index contributed by atoms with van der Waals surface area (Å²) in [5, 5.41) is 10.9. The molecule has 0 saturated heterocycles. The van der Waals surface area contributed by atoms with Crippen molar-refractivity contribution >= 4 is 5.91 Å². The minimum Gasteiger partial charge on any atom is -0.347 e. The number of hydrogen-bond acceptors (Lipinski definition) is 3. The quantitative estimate of drug-likeness (QED) is 0.760. The van der Waals surface area contributed by atoms with E-state index < -0.39 is 0 Å². The Hall–Kier alpha value is -2.99. The zero-order valence-electron chi connectivity index (χ0n) is 14.4. The van der Waals surface area contributed by atoms with Crippen molar-refractivity contribution in [1.29, 1.82) is 0 Å². The van der Waals surface area contributed by atoms with Gasteiger partial charge in [0.05, 0.1) is 12.2 Å². The highest BCUT2D eigenvalue weighted by molar-refractivity contribution is 5.94. The van der Waals surface area contributed by atoms with Crippen LogP contribution in [-0.2, 0) is 6.54 Å². The van der Waals surface area contributed by atoms with E-state index in [1.54, 1.807) is 16.8 Å². The maximum atomic E-state index is 13.0. The molecule has 0 bridgehead atoms. The van der Waals surface area contributed by atoms with Crippen LogP contribution in [0.4, 0.5) is 4.39 Å². The van der Waals surface area contributed by atoms with Gasteiger partial charge in [0.15, 0.2) is 0 Å². The largest absolute Gasteiger partial charge is 0.347 e. The standard InChI is InChI=1S/C20H19FN4O/c1-13-2-6-15(7-3-13)17-10-18-20(26)23-12-19(25(18)24-17)22-11-14-4-8-16(21)9-5-14/h2-10,19,22H,11-12H2,1H3,(H,23,26).